The summed E-state index contributed by atoms with van der Waals surface area (Å²) in [5, 5.41) is 2.89. The molecule has 1 amide bonds. The third-order valence-corrected chi connectivity index (χ3v) is 2.82. The number of rotatable bonds is 4. The molecule has 1 heterocycles. The first-order chi connectivity index (χ1) is 9.19. The molecule has 2 rings (SSSR count). The number of nitrogens with zero attached hydrogens (tertiary/aromatic N) is 1. The summed E-state index contributed by atoms with van der Waals surface area (Å²) < 4.78 is 0. The molecule has 0 bridgehead atoms. The highest BCUT2D eigenvalue weighted by molar-refractivity contribution is 5.94. The predicted molar refractivity (Wildman–Crippen MR) is 74.5 cm³/mol. The highest BCUT2D eigenvalue weighted by Crippen LogP contribution is 2.05. The van der Waals surface area contributed by atoms with Crippen LogP contribution in [0.5, 0.6) is 0 Å². The van der Waals surface area contributed by atoms with E-state index in [2.05, 4.69) is 16.4 Å². The van der Waals surface area contributed by atoms with Gasteiger partial charge in [-0.05, 0) is 24.6 Å². The van der Waals surface area contributed by atoms with Gasteiger partial charge in [0.05, 0.1) is 5.69 Å². The molecule has 0 unspecified atom stereocenters. The van der Waals surface area contributed by atoms with Gasteiger partial charge in [0.2, 0.25) is 0 Å². The smallest absolute Gasteiger partial charge is 0.251 e. The molecule has 0 atom stereocenters. The largest absolute Gasteiger partial charge is 0.348 e. The van der Waals surface area contributed by atoms with Crippen LogP contribution in [0.2, 0.25) is 0 Å². The molecule has 0 fully saturated rings. The van der Waals surface area contributed by atoms with Gasteiger partial charge in [0.25, 0.3) is 5.91 Å². The van der Waals surface area contributed by atoms with Crippen LogP contribution in [0.3, 0.4) is 0 Å². The van der Waals surface area contributed by atoms with Crippen molar-refractivity contribution >= 4 is 5.91 Å². The van der Waals surface area contributed by atoms with E-state index in [0.717, 1.165) is 5.56 Å². The van der Waals surface area contributed by atoms with Gasteiger partial charge in [0.15, 0.2) is 0 Å². The molecule has 0 aliphatic heterocycles. The van der Waals surface area contributed by atoms with E-state index < -0.39 is 0 Å². The van der Waals surface area contributed by atoms with Crippen molar-refractivity contribution in [2.24, 2.45) is 5.73 Å². The fourth-order valence-electron chi connectivity index (χ4n) is 1.84. The lowest BCUT2D eigenvalue weighted by Crippen LogP contribution is -2.23. The molecule has 4 nitrogen and oxygen atoms in total. The average molecular weight is 255 g/mol. The van der Waals surface area contributed by atoms with E-state index in [9.17, 15) is 4.79 Å². The first-order valence-electron chi connectivity index (χ1n) is 6.18. The Kier molecular flexibility index (Phi) is 4.26. The number of amides is 1. The van der Waals surface area contributed by atoms with Crippen LogP contribution in [0.25, 0.3) is 0 Å². The summed E-state index contributed by atoms with van der Waals surface area (Å²) in [7, 11) is 0. The molecule has 0 spiro atoms. The molecule has 0 aliphatic carbocycles. The first kappa shape index (κ1) is 13.2. The minimum atomic E-state index is -0.112. The van der Waals surface area contributed by atoms with Gasteiger partial charge in [-0.25, -0.2) is 0 Å². The van der Waals surface area contributed by atoms with Gasteiger partial charge in [0, 0.05) is 24.8 Å². The zero-order chi connectivity index (χ0) is 13.7. The van der Waals surface area contributed by atoms with Gasteiger partial charge >= 0.3 is 0 Å². The van der Waals surface area contributed by atoms with Crippen LogP contribution in [-0.2, 0) is 13.1 Å². The maximum Gasteiger partial charge on any atom is 0.251 e. The molecule has 1 aromatic heterocycles. The summed E-state index contributed by atoms with van der Waals surface area (Å²) in [6.07, 6.45) is 1.60. The highest BCUT2D eigenvalue weighted by atomic mass is 16.1. The van der Waals surface area contributed by atoms with E-state index in [1.165, 1.54) is 5.56 Å². The number of aryl methyl sites for hydroxylation is 1. The second kappa shape index (κ2) is 6.11. The van der Waals surface area contributed by atoms with Crippen molar-refractivity contribution < 1.29 is 4.79 Å². The lowest BCUT2D eigenvalue weighted by Gasteiger charge is -2.07. The molecule has 0 radical (unpaired) electrons. The maximum absolute atomic E-state index is 12.0. The number of nitrogens with two attached hydrogens (primary N) is 1. The Balaban J connectivity index is 2.01. The van der Waals surface area contributed by atoms with Crippen LogP contribution in [-0.4, -0.2) is 10.9 Å². The second-order valence-electron chi connectivity index (χ2n) is 4.41. The lowest BCUT2D eigenvalue weighted by molar-refractivity contribution is 0.0950. The molecule has 1 aromatic carbocycles. The summed E-state index contributed by atoms with van der Waals surface area (Å²) >= 11 is 0. The number of hydrogen-bond acceptors (Lipinski definition) is 3. The molecule has 0 saturated carbocycles. The lowest BCUT2D eigenvalue weighted by atomic mass is 10.1. The van der Waals surface area contributed by atoms with E-state index in [-0.39, 0.29) is 5.91 Å². The molecule has 98 valence electrons. The van der Waals surface area contributed by atoms with E-state index in [1.807, 2.05) is 25.1 Å². The van der Waals surface area contributed by atoms with Gasteiger partial charge in [-0.2, -0.15) is 0 Å². The van der Waals surface area contributed by atoms with Crippen molar-refractivity contribution in [3.05, 3.63) is 65.0 Å². The van der Waals surface area contributed by atoms with Crippen molar-refractivity contribution in [2.75, 3.05) is 0 Å². The Hall–Kier alpha value is -2.20. The minimum Gasteiger partial charge on any atom is -0.348 e. The number of nitrogens with one attached hydrogen (secondary N) is 1. The number of benzene rings is 1. The Bertz CT molecular complexity index is 581. The Morgan fingerprint density at radius 2 is 2.16 bits per heavy atom. The third kappa shape index (κ3) is 3.63. The SMILES string of the molecule is Cc1cccc(CNC(=O)c2ccnc(CN)c2)c1. The summed E-state index contributed by atoms with van der Waals surface area (Å²) in [6, 6.07) is 11.5. The van der Waals surface area contributed by atoms with Gasteiger partial charge in [0.1, 0.15) is 0 Å². The van der Waals surface area contributed by atoms with Crippen molar-refractivity contribution in [1.29, 1.82) is 0 Å². The second-order valence-corrected chi connectivity index (χ2v) is 4.41. The van der Waals surface area contributed by atoms with Crippen molar-refractivity contribution in [3.8, 4) is 0 Å². The van der Waals surface area contributed by atoms with Crippen LogP contribution in [0, 0.1) is 6.92 Å². The molecule has 2 aromatic rings. The zero-order valence-electron chi connectivity index (χ0n) is 10.9. The van der Waals surface area contributed by atoms with Crippen molar-refractivity contribution in [1.82, 2.24) is 10.3 Å². The average Bonchev–Trinajstić information content (AvgIpc) is 2.45. The monoisotopic (exact) mass is 255 g/mol. The van der Waals surface area contributed by atoms with Gasteiger partial charge in [-0.15, -0.1) is 0 Å². The van der Waals surface area contributed by atoms with Gasteiger partial charge < -0.3 is 11.1 Å². The Morgan fingerprint density at radius 1 is 1.32 bits per heavy atom. The van der Waals surface area contributed by atoms with E-state index in [1.54, 1.807) is 18.3 Å². The number of carbonyl (C=O) groups excluding carboxylic acids is 1. The predicted octanol–water partition coefficient (Wildman–Crippen LogP) is 1.78. The standard InChI is InChI=1S/C15H17N3O/c1-11-3-2-4-12(7-11)10-18-15(19)13-5-6-17-14(8-13)9-16/h2-8H,9-10,16H2,1H3,(H,18,19). The van der Waals surface area contributed by atoms with Crippen molar-refractivity contribution in [3.63, 3.8) is 0 Å². The molecular weight excluding hydrogens is 238 g/mol. The third-order valence-electron chi connectivity index (χ3n) is 2.82. The fraction of sp³-hybridized carbons (Fsp3) is 0.200. The molecule has 19 heavy (non-hydrogen) atoms. The minimum absolute atomic E-state index is 0.112. The van der Waals surface area contributed by atoms with Crippen LogP contribution in [0.1, 0.15) is 27.2 Å². The van der Waals surface area contributed by atoms with Crippen LogP contribution in [0.15, 0.2) is 42.6 Å². The van der Waals surface area contributed by atoms with E-state index >= 15 is 0 Å². The zero-order valence-corrected chi connectivity index (χ0v) is 10.9. The Labute approximate surface area is 112 Å². The van der Waals surface area contributed by atoms with Crippen LogP contribution < -0.4 is 11.1 Å². The summed E-state index contributed by atoms with van der Waals surface area (Å²) in [5.41, 5.74) is 9.07. The quantitative estimate of drug-likeness (QED) is 0.875. The number of hydrogen-bond donors (Lipinski definition) is 2. The van der Waals surface area contributed by atoms with E-state index in [4.69, 9.17) is 5.73 Å². The first-order valence-corrected chi connectivity index (χ1v) is 6.18. The molecule has 3 N–H and O–H groups in total. The topological polar surface area (TPSA) is 68.0 Å². The van der Waals surface area contributed by atoms with Gasteiger partial charge in [-0.1, -0.05) is 29.8 Å². The molecular formula is C15H17N3O. The summed E-state index contributed by atoms with van der Waals surface area (Å²) in [6.45, 7) is 2.88. The van der Waals surface area contributed by atoms with Gasteiger partial charge in [-0.3, -0.25) is 9.78 Å². The van der Waals surface area contributed by atoms with E-state index in [0.29, 0.717) is 24.3 Å². The summed E-state index contributed by atoms with van der Waals surface area (Å²) in [5.74, 6) is -0.112. The summed E-state index contributed by atoms with van der Waals surface area (Å²) in [4.78, 5) is 16.1. The molecule has 0 aliphatic rings. The maximum atomic E-state index is 12.0. The molecule has 4 heteroatoms. The fourth-order valence-corrected chi connectivity index (χ4v) is 1.84. The highest BCUT2D eigenvalue weighted by Gasteiger charge is 2.06. The van der Waals surface area contributed by atoms with Crippen LogP contribution in [0.4, 0.5) is 0 Å². The Morgan fingerprint density at radius 3 is 2.89 bits per heavy atom. The molecule has 0 saturated heterocycles. The number of aromatic nitrogens is 1. The normalized spacial score (nSPS) is 10.2. The number of pyridine rings is 1. The number of carbonyl (C=O) groups is 1. The van der Waals surface area contributed by atoms with Crippen LogP contribution >= 0.6 is 0 Å². The van der Waals surface area contributed by atoms with Crippen molar-refractivity contribution in [2.45, 2.75) is 20.0 Å².